The Hall–Kier alpha value is -1.43. The lowest BCUT2D eigenvalue weighted by Gasteiger charge is -2.23. The van der Waals surface area contributed by atoms with Crippen molar-refractivity contribution in [1.82, 2.24) is 20.9 Å². The zero-order chi connectivity index (χ0) is 21.2. The van der Waals surface area contributed by atoms with Crippen molar-refractivity contribution in [3.05, 3.63) is 15.6 Å². The molecule has 30 heavy (non-hydrogen) atoms. The van der Waals surface area contributed by atoms with Gasteiger partial charge in [-0.3, -0.25) is 9.79 Å². The molecule has 0 bridgehead atoms. The minimum atomic E-state index is -0.328. The SMILES string of the molecule is CCNC(=NCCCNC(=O)C1CCC1)NC(C)c1nc(C)c(C(=O)OCC)s1.I. The molecule has 0 aromatic carbocycles. The van der Waals surface area contributed by atoms with Crippen LogP contribution in [0, 0.1) is 12.8 Å². The van der Waals surface area contributed by atoms with Crippen LogP contribution in [0.1, 0.15) is 72.9 Å². The van der Waals surface area contributed by atoms with E-state index in [2.05, 4.69) is 25.9 Å². The molecule has 1 atom stereocenters. The van der Waals surface area contributed by atoms with Crippen molar-refractivity contribution in [1.29, 1.82) is 0 Å². The summed E-state index contributed by atoms with van der Waals surface area (Å²) in [6.07, 6.45) is 3.99. The number of thiazole rings is 1. The summed E-state index contributed by atoms with van der Waals surface area (Å²) < 4.78 is 5.08. The van der Waals surface area contributed by atoms with Crippen molar-refractivity contribution in [3.8, 4) is 0 Å². The second kappa shape index (κ2) is 13.8. The minimum absolute atomic E-state index is 0. The van der Waals surface area contributed by atoms with Crippen LogP contribution < -0.4 is 16.0 Å². The number of nitrogens with zero attached hydrogens (tertiary/aromatic N) is 2. The Labute approximate surface area is 200 Å². The highest BCUT2D eigenvalue weighted by atomic mass is 127. The fraction of sp³-hybridized carbons (Fsp3) is 0.700. The lowest BCUT2D eigenvalue weighted by atomic mass is 9.85. The maximum absolute atomic E-state index is 12.0. The number of hydrogen-bond donors (Lipinski definition) is 3. The topological polar surface area (TPSA) is 105 Å². The molecule has 2 rings (SSSR count). The average molecular weight is 551 g/mol. The Kier molecular flexibility index (Phi) is 12.2. The third-order valence-corrected chi connectivity index (χ3v) is 6.04. The van der Waals surface area contributed by atoms with E-state index in [1.807, 2.05) is 20.8 Å². The molecule has 1 aromatic rings. The van der Waals surface area contributed by atoms with Gasteiger partial charge in [0, 0.05) is 25.6 Å². The van der Waals surface area contributed by atoms with Crippen molar-refractivity contribution < 1.29 is 14.3 Å². The molecular weight excluding hydrogens is 517 g/mol. The first-order chi connectivity index (χ1) is 14.0. The third kappa shape index (κ3) is 8.01. The molecule has 1 aliphatic rings. The van der Waals surface area contributed by atoms with Crippen molar-refractivity contribution >= 4 is 53.1 Å². The number of rotatable bonds is 10. The molecule has 10 heteroatoms. The molecule has 8 nitrogen and oxygen atoms in total. The standard InChI is InChI=1S/C20H33N5O3S.HI/c1-5-21-20(23-12-8-11-22-17(26)15-9-7-10-15)25-14(4)18-24-13(3)16(29-18)19(27)28-6-2;/h14-15H,5-12H2,1-4H3,(H,22,26)(H2,21,23,25);1H. The number of aromatic nitrogens is 1. The summed E-state index contributed by atoms with van der Waals surface area (Å²) in [7, 11) is 0. The molecular formula is C20H34IN5O3S. The maximum Gasteiger partial charge on any atom is 0.350 e. The Morgan fingerprint density at radius 1 is 1.30 bits per heavy atom. The summed E-state index contributed by atoms with van der Waals surface area (Å²) in [4.78, 5) is 33.5. The van der Waals surface area contributed by atoms with Gasteiger partial charge in [0.15, 0.2) is 5.96 Å². The summed E-state index contributed by atoms with van der Waals surface area (Å²) >= 11 is 1.34. The van der Waals surface area contributed by atoms with E-state index in [0.717, 1.165) is 37.2 Å². The molecule has 0 spiro atoms. The van der Waals surface area contributed by atoms with Crippen molar-refractivity contribution in [2.24, 2.45) is 10.9 Å². The zero-order valence-electron chi connectivity index (χ0n) is 18.2. The molecule has 0 saturated heterocycles. The molecule has 1 fully saturated rings. The van der Waals surface area contributed by atoms with Crippen LogP contribution in [0.2, 0.25) is 0 Å². The predicted molar refractivity (Wildman–Crippen MR) is 131 cm³/mol. The number of guanidine groups is 1. The maximum atomic E-state index is 12.0. The number of carbonyl (C=O) groups is 2. The summed E-state index contributed by atoms with van der Waals surface area (Å²) in [5.41, 5.74) is 0.682. The lowest BCUT2D eigenvalue weighted by Crippen LogP contribution is -2.39. The highest BCUT2D eigenvalue weighted by Crippen LogP contribution is 2.26. The number of hydrogen-bond acceptors (Lipinski definition) is 6. The average Bonchev–Trinajstić information content (AvgIpc) is 3.02. The van der Waals surface area contributed by atoms with Gasteiger partial charge in [-0.05, 0) is 47.0 Å². The molecule has 1 saturated carbocycles. The van der Waals surface area contributed by atoms with E-state index in [9.17, 15) is 9.59 Å². The number of nitrogens with one attached hydrogen (secondary N) is 3. The largest absolute Gasteiger partial charge is 0.462 e. The van der Waals surface area contributed by atoms with Gasteiger partial charge in [-0.1, -0.05) is 6.42 Å². The van der Waals surface area contributed by atoms with E-state index in [-0.39, 0.29) is 47.8 Å². The first-order valence-electron chi connectivity index (χ1n) is 10.4. The van der Waals surface area contributed by atoms with E-state index in [1.54, 1.807) is 6.92 Å². The van der Waals surface area contributed by atoms with Gasteiger partial charge in [-0.15, -0.1) is 35.3 Å². The van der Waals surface area contributed by atoms with Gasteiger partial charge in [-0.25, -0.2) is 9.78 Å². The van der Waals surface area contributed by atoms with Crippen molar-refractivity contribution in [3.63, 3.8) is 0 Å². The fourth-order valence-electron chi connectivity index (χ4n) is 2.87. The van der Waals surface area contributed by atoms with Gasteiger partial charge in [0.25, 0.3) is 0 Å². The highest BCUT2D eigenvalue weighted by Gasteiger charge is 2.24. The number of aryl methyl sites for hydroxylation is 1. The van der Waals surface area contributed by atoms with E-state index < -0.39 is 0 Å². The molecule has 3 N–H and O–H groups in total. The predicted octanol–water partition coefficient (Wildman–Crippen LogP) is 3.17. The van der Waals surface area contributed by atoms with Crippen LogP contribution in [0.4, 0.5) is 0 Å². The first kappa shape index (κ1) is 26.6. The second-order valence-electron chi connectivity index (χ2n) is 7.09. The van der Waals surface area contributed by atoms with E-state index in [4.69, 9.17) is 4.74 Å². The van der Waals surface area contributed by atoms with Crippen LogP contribution in [0.3, 0.4) is 0 Å². The smallest absolute Gasteiger partial charge is 0.350 e. The quantitative estimate of drug-likeness (QED) is 0.136. The van der Waals surface area contributed by atoms with Crippen LogP contribution in [0.25, 0.3) is 0 Å². The summed E-state index contributed by atoms with van der Waals surface area (Å²) in [6.45, 7) is 9.93. The van der Waals surface area contributed by atoms with Crippen molar-refractivity contribution in [2.75, 3.05) is 26.2 Å². The molecule has 1 amide bonds. The van der Waals surface area contributed by atoms with Crippen LogP contribution >= 0.6 is 35.3 Å². The monoisotopic (exact) mass is 551 g/mol. The molecule has 1 heterocycles. The van der Waals surface area contributed by atoms with Gasteiger partial charge in [0.1, 0.15) is 9.88 Å². The van der Waals surface area contributed by atoms with Crippen molar-refractivity contribution in [2.45, 2.75) is 59.4 Å². The molecule has 1 aliphatic carbocycles. The lowest BCUT2D eigenvalue weighted by molar-refractivity contribution is -0.127. The van der Waals surface area contributed by atoms with E-state index >= 15 is 0 Å². The highest BCUT2D eigenvalue weighted by molar-refractivity contribution is 14.0. The molecule has 1 unspecified atom stereocenters. The second-order valence-corrected chi connectivity index (χ2v) is 8.12. The van der Waals surface area contributed by atoms with Gasteiger partial charge in [0.05, 0.1) is 18.3 Å². The van der Waals surface area contributed by atoms with Crippen LogP contribution in [-0.4, -0.2) is 49.1 Å². The van der Waals surface area contributed by atoms with Gasteiger partial charge < -0.3 is 20.7 Å². The molecule has 170 valence electrons. The summed E-state index contributed by atoms with van der Waals surface area (Å²) in [5, 5.41) is 10.3. The van der Waals surface area contributed by atoms with Gasteiger partial charge >= 0.3 is 5.97 Å². The van der Waals surface area contributed by atoms with Crippen LogP contribution in [-0.2, 0) is 9.53 Å². The minimum Gasteiger partial charge on any atom is -0.462 e. The number of halogens is 1. The normalized spacial score (nSPS) is 14.9. The molecule has 0 radical (unpaired) electrons. The Bertz CT molecular complexity index is 721. The Morgan fingerprint density at radius 2 is 2.03 bits per heavy atom. The number of carbonyl (C=O) groups excluding carboxylic acids is 2. The molecule has 1 aromatic heterocycles. The fourth-order valence-corrected chi connectivity index (χ4v) is 3.83. The van der Waals surface area contributed by atoms with E-state index in [0.29, 0.717) is 36.2 Å². The van der Waals surface area contributed by atoms with E-state index in [1.165, 1.54) is 11.3 Å². The number of esters is 1. The molecule has 0 aliphatic heterocycles. The summed E-state index contributed by atoms with van der Waals surface area (Å²) in [5.74, 6) is 0.761. The van der Waals surface area contributed by atoms with Crippen LogP contribution in [0.15, 0.2) is 4.99 Å². The van der Waals surface area contributed by atoms with Gasteiger partial charge in [-0.2, -0.15) is 0 Å². The summed E-state index contributed by atoms with van der Waals surface area (Å²) in [6, 6.07) is -0.0991. The first-order valence-corrected chi connectivity index (χ1v) is 11.2. The third-order valence-electron chi connectivity index (χ3n) is 4.72. The zero-order valence-corrected chi connectivity index (χ0v) is 21.4. The Balaban J connectivity index is 0.00000450. The Morgan fingerprint density at radius 3 is 2.63 bits per heavy atom. The number of aliphatic imine (C=N–C) groups is 1. The number of amides is 1. The number of ether oxygens (including phenoxy) is 1. The van der Waals surface area contributed by atoms with Crippen LogP contribution in [0.5, 0.6) is 0 Å². The van der Waals surface area contributed by atoms with Gasteiger partial charge in [0.2, 0.25) is 5.91 Å².